The van der Waals surface area contributed by atoms with Crippen molar-refractivity contribution < 1.29 is 4.74 Å². The molecule has 1 aromatic heterocycles. The number of hydrogen-bond acceptors (Lipinski definition) is 3. The van der Waals surface area contributed by atoms with Crippen LogP contribution in [0, 0.1) is 0 Å². The van der Waals surface area contributed by atoms with Crippen LogP contribution in [0.4, 0.5) is 0 Å². The summed E-state index contributed by atoms with van der Waals surface area (Å²) in [7, 11) is 0. The topological polar surface area (TPSA) is 39.1 Å². The third-order valence-electron chi connectivity index (χ3n) is 5.28. The van der Waals surface area contributed by atoms with Gasteiger partial charge in [-0.2, -0.15) is 0 Å². The number of hydrogen-bond donors (Lipinski definition) is 1. The first-order valence-corrected chi connectivity index (χ1v) is 8.61. The molecule has 2 aliphatic rings. The molecule has 0 bridgehead atoms. The fraction of sp³-hybridized carbons (Fsp3) is 0.824. The lowest BCUT2D eigenvalue weighted by atomic mass is 9.78. The van der Waals surface area contributed by atoms with E-state index in [1.807, 2.05) is 6.33 Å². The smallest absolute Gasteiger partial charge is 0.0949 e. The van der Waals surface area contributed by atoms with E-state index in [-0.39, 0.29) is 5.41 Å². The number of piperidine rings is 1. The zero-order valence-electron chi connectivity index (χ0n) is 13.3. The molecule has 4 heteroatoms. The van der Waals surface area contributed by atoms with Gasteiger partial charge >= 0.3 is 0 Å². The van der Waals surface area contributed by atoms with Gasteiger partial charge in [0, 0.05) is 23.9 Å². The first-order chi connectivity index (χ1) is 10.3. The molecule has 0 atom stereocenters. The molecule has 2 fully saturated rings. The molecule has 2 heterocycles. The molecule has 1 aliphatic carbocycles. The highest BCUT2D eigenvalue weighted by molar-refractivity contribution is 5.15. The maximum absolute atomic E-state index is 6.07. The third-order valence-corrected chi connectivity index (χ3v) is 5.28. The average molecular weight is 291 g/mol. The summed E-state index contributed by atoms with van der Waals surface area (Å²) in [5.41, 5.74) is 1.66. The Morgan fingerprint density at radius 1 is 1.29 bits per heavy atom. The molecule has 0 amide bonds. The molecule has 0 unspecified atom stereocenters. The second-order valence-electron chi connectivity index (χ2n) is 6.91. The summed E-state index contributed by atoms with van der Waals surface area (Å²) in [6, 6.07) is 0. The Kier molecular flexibility index (Phi) is 4.96. The van der Waals surface area contributed by atoms with Gasteiger partial charge < -0.3 is 14.6 Å². The van der Waals surface area contributed by atoms with Crippen molar-refractivity contribution in [3.8, 4) is 0 Å². The summed E-state index contributed by atoms with van der Waals surface area (Å²) < 4.78 is 8.38. The van der Waals surface area contributed by atoms with Crippen LogP contribution in [0.1, 0.15) is 57.6 Å². The fourth-order valence-corrected chi connectivity index (χ4v) is 3.79. The van der Waals surface area contributed by atoms with E-state index in [2.05, 4.69) is 28.0 Å². The van der Waals surface area contributed by atoms with Crippen molar-refractivity contribution in [2.24, 2.45) is 0 Å². The Morgan fingerprint density at radius 2 is 2.05 bits per heavy atom. The Balaban J connectivity index is 1.55. The van der Waals surface area contributed by atoms with Crippen LogP contribution >= 0.6 is 0 Å². The number of ether oxygens (including phenoxy) is 1. The molecule has 1 saturated carbocycles. The summed E-state index contributed by atoms with van der Waals surface area (Å²) in [5, 5.41) is 3.45. The monoisotopic (exact) mass is 291 g/mol. The zero-order chi connectivity index (χ0) is 14.5. The predicted octanol–water partition coefficient (Wildman–Crippen LogP) is 2.87. The molecule has 118 valence electrons. The van der Waals surface area contributed by atoms with E-state index in [0.29, 0.717) is 6.10 Å². The first kappa shape index (κ1) is 15.0. The number of nitrogens with one attached hydrogen (secondary N) is 1. The molecule has 1 saturated heterocycles. The second kappa shape index (κ2) is 6.93. The van der Waals surface area contributed by atoms with Crippen LogP contribution in [-0.4, -0.2) is 35.4 Å². The van der Waals surface area contributed by atoms with Crippen molar-refractivity contribution in [1.29, 1.82) is 0 Å². The van der Waals surface area contributed by atoms with Gasteiger partial charge in [-0.1, -0.05) is 26.2 Å². The van der Waals surface area contributed by atoms with Crippen LogP contribution in [0.2, 0.25) is 0 Å². The van der Waals surface area contributed by atoms with E-state index in [0.717, 1.165) is 26.2 Å². The zero-order valence-corrected chi connectivity index (χ0v) is 13.3. The van der Waals surface area contributed by atoms with Crippen molar-refractivity contribution >= 4 is 0 Å². The summed E-state index contributed by atoms with van der Waals surface area (Å²) in [4.78, 5) is 4.39. The molecule has 1 aliphatic heterocycles. The van der Waals surface area contributed by atoms with Gasteiger partial charge in [0.15, 0.2) is 0 Å². The first-order valence-electron chi connectivity index (χ1n) is 8.61. The minimum atomic E-state index is 0.270. The number of rotatable bonds is 5. The van der Waals surface area contributed by atoms with Gasteiger partial charge in [0.2, 0.25) is 0 Å². The molecule has 0 aromatic carbocycles. The second-order valence-corrected chi connectivity index (χ2v) is 6.91. The minimum absolute atomic E-state index is 0.270. The third kappa shape index (κ3) is 3.67. The standard InChI is InChI=1S/C17H29N3O/c1-17(7-9-18-10-8-17)16-13-19-14-20(16)11-12-21-15-5-3-2-4-6-15/h13-15,18H,2-12H2,1H3. The lowest BCUT2D eigenvalue weighted by Gasteiger charge is -2.34. The highest BCUT2D eigenvalue weighted by Gasteiger charge is 2.31. The van der Waals surface area contributed by atoms with Gasteiger partial charge in [0.05, 0.1) is 19.0 Å². The van der Waals surface area contributed by atoms with Gasteiger partial charge in [-0.15, -0.1) is 0 Å². The molecule has 0 spiro atoms. The van der Waals surface area contributed by atoms with Gasteiger partial charge in [-0.05, 0) is 38.8 Å². The van der Waals surface area contributed by atoms with Gasteiger partial charge in [-0.3, -0.25) is 0 Å². The lowest BCUT2D eigenvalue weighted by Crippen LogP contribution is -2.39. The summed E-state index contributed by atoms with van der Waals surface area (Å²) in [6.45, 7) is 6.36. The molecule has 3 rings (SSSR count). The lowest BCUT2D eigenvalue weighted by molar-refractivity contribution is 0.0234. The molecule has 1 N–H and O–H groups in total. The summed E-state index contributed by atoms with van der Waals surface area (Å²) in [5.74, 6) is 0. The van der Waals surface area contributed by atoms with E-state index < -0.39 is 0 Å². The molecular formula is C17H29N3O. The molecule has 4 nitrogen and oxygen atoms in total. The van der Waals surface area contributed by atoms with Crippen molar-refractivity contribution in [3.05, 3.63) is 18.2 Å². The SMILES string of the molecule is CC1(c2cncn2CCOC2CCCCC2)CCNCC1. The van der Waals surface area contributed by atoms with Crippen LogP contribution in [0.25, 0.3) is 0 Å². The quantitative estimate of drug-likeness (QED) is 0.906. The fourth-order valence-electron chi connectivity index (χ4n) is 3.79. The molecular weight excluding hydrogens is 262 g/mol. The largest absolute Gasteiger partial charge is 0.376 e. The van der Waals surface area contributed by atoms with Crippen molar-refractivity contribution in [1.82, 2.24) is 14.9 Å². The average Bonchev–Trinajstić information content (AvgIpc) is 2.98. The van der Waals surface area contributed by atoms with Crippen LogP contribution in [0.5, 0.6) is 0 Å². The Morgan fingerprint density at radius 3 is 2.81 bits per heavy atom. The van der Waals surface area contributed by atoms with E-state index in [1.54, 1.807) is 0 Å². The van der Waals surface area contributed by atoms with Crippen molar-refractivity contribution in [2.75, 3.05) is 19.7 Å². The van der Waals surface area contributed by atoms with Gasteiger partial charge in [-0.25, -0.2) is 4.98 Å². The maximum Gasteiger partial charge on any atom is 0.0949 e. The van der Waals surface area contributed by atoms with Crippen molar-refractivity contribution in [2.45, 2.75) is 69.9 Å². The molecule has 1 aromatic rings. The minimum Gasteiger partial charge on any atom is -0.376 e. The van der Waals surface area contributed by atoms with E-state index >= 15 is 0 Å². The molecule has 0 radical (unpaired) electrons. The van der Waals surface area contributed by atoms with Crippen LogP contribution in [-0.2, 0) is 16.7 Å². The number of imidazole rings is 1. The maximum atomic E-state index is 6.07. The summed E-state index contributed by atoms with van der Waals surface area (Å²) >= 11 is 0. The highest BCUT2D eigenvalue weighted by atomic mass is 16.5. The Hall–Kier alpha value is -0.870. The predicted molar refractivity (Wildman–Crippen MR) is 84.5 cm³/mol. The van der Waals surface area contributed by atoms with Crippen molar-refractivity contribution in [3.63, 3.8) is 0 Å². The highest BCUT2D eigenvalue weighted by Crippen LogP contribution is 2.32. The van der Waals surface area contributed by atoms with Crippen LogP contribution < -0.4 is 5.32 Å². The van der Waals surface area contributed by atoms with Gasteiger partial charge in [0.1, 0.15) is 0 Å². The summed E-state index contributed by atoms with van der Waals surface area (Å²) in [6.07, 6.45) is 13.5. The van der Waals surface area contributed by atoms with Crippen LogP contribution in [0.3, 0.4) is 0 Å². The number of aromatic nitrogens is 2. The van der Waals surface area contributed by atoms with E-state index in [4.69, 9.17) is 4.74 Å². The van der Waals surface area contributed by atoms with E-state index in [1.165, 1.54) is 50.6 Å². The Bertz CT molecular complexity index is 431. The van der Waals surface area contributed by atoms with E-state index in [9.17, 15) is 0 Å². The number of nitrogens with zero attached hydrogens (tertiary/aromatic N) is 2. The Labute approximate surface area is 128 Å². The normalized spacial score (nSPS) is 23.3. The molecule has 21 heavy (non-hydrogen) atoms. The van der Waals surface area contributed by atoms with Gasteiger partial charge in [0.25, 0.3) is 0 Å². The van der Waals surface area contributed by atoms with Crippen LogP contribution in [0.15, 0.2) is 12.5 Å².